The molecule has 0 spiro atoms. The number of nitrogens with one attached hydrogen (secondary N) is 1. The lowest BCUT2D eigenvalue weighted by Gasteiger charge is -2.38. The first-order chi connectivity index (χ1) is 18.1. The summed E-state index contributed by atoms with van der Waals surface area (Å²) in [5.74, 6) is -2.11. The Morgan fingerprint density at radius 2 is 1.89 bits per heavy atom. The molecule has 0 saturated heterocycles. The zero-order valence-corrected chi connectivity index (χ0v) is 23.5. The number of rotatable bonds is 10. The van der Waals surface area contributed by atoms with E-state index in [9.17, 15) is 19.2 Å². The van der Waals surface area contributed by atoms with Gasteiger partial charge in [0.2, 0.25) is 0 Å². The van der Waals surface area contributed by atoms with Gasteiger partial charge in [-0.1, -0.05) is 19.9 Å². The van der Waals surface area contributed by atoms with E-state index in [2.05, 4.69) is 5.32 Å². The van der Waals surface area contributed by atoms with Crippen LogP contribution in [0.2, 0.25) is 0 Å². The largest absolute Gasteiger partial charge is 0.490 e. The van der Waals surface area contributed by atoms with Crippen LogP contribution in [0.3, 0.4) is 0 Å². The minimum absolute atomic E-state index is 0.220. The Morgan fingerprint density at radius 1 is 1.16 bits per heavy atom. The maximum absolute atomic E-state index is 13.9. The van der Waals surface area contributed by atoms with Gasteiger partial charge in [0, 0.05) is 35.6 Å². The molecule has 0 unspecified atom stereocenters. The SMILES string of the molecule is CCOc1cc([C@@H]2C(C(=O)OCCSCC)=C(C)NC3=C2C(=O)[C@@H](C(=O)OC)[C@@H](C)C3)ccc1OC(C)=O. The molecule has 0 fully saturated rings. The van der Waals surface area contributed by atoms with Gasteiger partial charge in [0.25, 0.3) is 0 Å². The van der Waals surface area contributed by atoms with Crippen molar-refractivity contribution in [1.29, 1.82) is 0 Å². The minimum Gasteiger partial charge on any atom is -0.490 e. The fourth-order valence-corrected chi connectivity index (χ4v) is 5.40. The molecule has 0 aromatic heterocycles. The third-order valence-electron chi connectivity index (χ3n) is 6.48. The van der Waals surface area contributed by atoms with Crippen LogP contribution >= 0.6 is 11.8 Å². The highest BCUT2D eigenvalue weighted by Gasteiger charge is 2.47. The van der Waals surface area contributed by atoms with Crippen molar-refractivity contribution in [2.75, 3.05) is 31.8 Å². The number of methoxy groups -OCH3 is 1. The number of esters is 3. The molecule has 9 nitrogen and oxygen atoms in total. The molecule has 206 valence electrons. The summed E-state index contributed by atoms with van der Waals surface area (Å²) >= 11 is 1.65. The molecule has 1 heterocycles. The second-order valence-electron chi connectivity index (χ2n) is 9.10. The van der Waals surface area contributed by atoms with Gasteiger partial charge in [-0.3, -0.25) is 14.4 Å². The second kappa shape index (κ2) is 13.0. The Bertz CT molecular complexity index is 1170. The molecule has 1 N–H and O–H groups in total. The Labute approximate surface area is 227 Å². The second-order valence-corrected chi connectivity index (χ2v) is 10.5. The third-order valence-corrected chi connectivity index (χ3v) is 7.35. The standard InChI is InChI=1S/C28H35NO8S/c1-7-35-21-14-18(9-10-20(21)37-17(5)30)24-23(28(33)36-11-12-38-8-2)16(4)29-19-13-15(3)22(27(32)34-6)26(31)25(19)24/h9-10,14-15,22,24,29H,7-8,11-13H2,1-6H3/t15-,22-,24+/m0/s1. The van der Waals surface area contributed by atoms with Crippen molar-refractivity contribution in [1.82, 2.24) is 5.32 Å². The minimum atomic E-state index is -0.994. The summed E-state index contributed by atoms with van der Waals surface area (Å²) in [6.07, 6.45) is 0.425. The third kappa shape index (κ3) is 6.23. The van der Waals surface area contributed by atoms with E-state index in [0.717, 1.165) is 5.75 Å². The van der Waals surface area contributed by atoms with Crippen LogP contribution in [-0.2, 0) is 28.7 Å². The Balaban J connectivity index is 2.16. The number of carbonyl (C=O) groups excluding carboxylic acids is 4. The maximum Gasteiger partial charge on any atom is 0.336 e. The van der Waals surface area contributed by atoms with Crippen molar-refractivity contribution in [3.8, 4) is 11.5 Å². The van der Waals surface area contributed by atoms with Crippen LogP contribution in [0.15, 0.2) is 40.7 Å². The first kappa shape index (κ1) is 29.3. The van der Waals surface area contributed by atoms with E-state index in [1.807, 2.05) is 13.8 Å². The lowest BCUT2D eigenvalue weighted by molar-refractivity contribution is -0.151. The fourth-order valence-electron chi connectivity index (χ4n) is 4.91. The van der Waals surface area contributed by atoms with Crippen LogP contribution in [0.1, 0.15) is 52.5 Å². The normalized spacial score (nSPS) is 20.9. The molecule has 2 aliphatic rings. The predicted molar refractivity (Wildman–Crippen MR) is 143 cm³/mol. The lowest BCUT2D eigenvalue weighted by atomic mass is 9.69. The van der Waals surface area contributed by atoms with Gasteiger partial charge in [0.1, 0.15) is 12.5 Å². The van der Waals surface area contributed by atoms with E-state index in [0.29, 0.717) is 47.1 Å². The summed E-state index contributed by atoms with van der Waals surface area (Å²) in [4.78, 5) is 51.6. The van der Waals surface area contributed by atoms with E-state index in [4.69, 9.17) is 18.9 Å². The first-order valence-electron chi connectivity index (χ1n) is 12.7. The van der Waals surface area contributed by atoms with Crippen molar-refractivity contribution >= 4 is 35.5 Å². The number of benzene rings is 1. The van der Waals surface area contributed by atoms with Crippen LogP contribution in [0, 0.1) is 11.8 Å². The van der Waals surface area contributed by atoms with Crippen LogP contribution in [0.4, 0.5) is 0 Å². The maximum atomic E-state index is 13.9. The van der Waals surface area contributed by atoms with E-state index in [-0.39, 0.29) is 23.8 Å². The van der Waals surface area contributed by atoms with Crippen molar-refractivity contribution in [2.24, 2.45) is 11.8 Å². The van der Waals surface area contributed by atoms with Crippen molar-refractivity contribution in [3.63, 3.8) is 0 Å². The Morgan fingerprint density at radius 3 is 2.53 bits per heavy atom. The summed E-state index contributed by atoms with van der Waals surface area (Å²) < 4.78 is 21.6. The van der Waals surface area contributed by atoms with Gasteiger partial charge < -0.3 is 24.3 Å². The first-order valence-corrected chi connectivity index (χ1v) is 13.8. The van der Waals surface area contributed by atoms with Gasteiger partial charge in [-0.15, -0.1) is 0 Å². The molecule has 0 radical (unpaired) electrons. The van der Waals surface area contributed by atoms with Gasteiger partial charge in [-0.25, -0.2) is 4.79 Å². The number of allylic oxidation sites excluding steroid dienone is 3. The highest BCUT2D eigenvalue weighted by Crippen LogP contribution is 2.47. The van der Waals surface area contributed by atoms with Crippen molar-refractivity contribution < 1.29 is 38.1 Å². The van der Waals surface area contributed by atoms with E-state index in [1.165, 1.54) is 14.0 Å². The molecule has 1 aromatic rings. The molecule has 0 amide bonds. The number of Topliss-reactive ketones (excluding diaryl/α,β-unsaturated/α-hetero) is 1. The average Bonchev–Trinajstić information content (AvgIpc) is 2.86. The molecule has 3 rings (SSSR count). The smallest absolute Gasteiger partial charge is 0.336 e. The van der Waals surface area contributed by atoms with Crippen molar-refractivity contribution in [2.45, 2.75) is 47.0 Å². The number of carbonyl (C=O) groups is 4. The van der Waals surface area contributed by atoms with Gasteiger partial charge in [-0.05, 0) is 49.6 Å². The highest BCUT2D eigenvalue weighted by atomic mass is 32.2. The number of ketones is 1. The summed E-state index contributed by atoms with van der Waals surface area (Å²) in [6, 6.07) is 4.93. The van der Waals surface area contributed by atoms with E-state index in [1.54, 1.807) is 43.8 Å². The molecular weight excluding hydrogens is 510 g/mol. The summed E-state index contributed by atoms with van der Waals surface area (Å²) in [5, 5.41) is 3.25. The highest BCUT2D eigenvalue weighted by molar-refractivity contribution is 7.99. The van der Waals surface area contributed by atoms with Crippen LogP contribution in [-0.4, -0.2) is 55.5 Å². The molecule has 10 heteroatoms. The molecule has 0 bridgehead atoms. The number of dihydropyridines is 1. The predicted octanol–water partition coefficient (Wildman–Crippen LogP) is 3.92. The van der Waals surface area contributed by atoms with Crippen LogP contribution < -0.4 is 14.8 Å². The fraction of sp³-hybridized carbons (Fsp3) is 0.500. The number of hydrogen-bond donors (Lipinski definition) is 1. The lowest BCUT2D eigenvalue weighted by Crippen LogP contribution is -2.43. The van der Waals surface area contributed by atoms with Crippen LogP contribution in [0.25, 0.3) is 0 Å². The summed E-state index contributed by atoms with van der Waals surface area (Å²) in [6.45, 7) is 9.23. The van der Waals surface area contributed by atoms with Gasteiger partial charge >= 0.3 is 17.9 Å². The van der Waals surface area contributed by atoms with Gasteiger partial charge in [-0.2, -0.15) is 11.8 Å². The monoisotopic (exact) mass is 545 g/mol. The number of thioether (sulfide) groups is 1. The van der Waals surface area contributed by atoms with E-state index >= 15 is 0 Å². The summed E-state index contributed by atoms with van der Waals surface area (Å²) in [7, 11) is 1.26. The number of hydrogen-bond acceptors (Lipinski definition) is 10. The molecule has 3 atom stereocenters. The summed E-state index contributed by atoms with van der Waals surface area (Å²) in [5.41, 5.74) is 2.39. The zero-order chi connectivity index (χ0) is 28.0. The number of ether oxygens (including phenoxy) is 4. The molecular formula is C28H35NO8S. The zero-order valence-electron chi connectivity index (χ0n) is 22.7. The molecule has 1 aliphatic carbocycles. The molecule has 1 aliphatic heterocycles. The quantitative estimate of drug-likeness (QED) is 0.201. The topological polar surface area (TPSA) is 117 Å². The molecule has 1 aromatic carbocycles. The van der Waals surface area contributed by atoms with E-state index < -0.39 is 35.5 Å². The van der Waals surface area contributed by atoms with Gasteiger partial charge in [0.05, 0.1) is 19.3 Å². The Hall–Kier alpha value is -3.27. The Kier molecular flexibility index (Phi) is 10.0. The molecule has 0 saturated carbocycles. The van der Waals surface area contributed by atoms with Gasteiger partial charge in [0.15, 0.2) is 17.3 Å². The molecule has 38 heavy (non-hydrogen) atoms. The average molecular weight is 546 g/mol. The van der Waals surface area contributed by atoms with Crippen molar-refractivity contribution in [3.05, 3.63) is 46.3 Å². The van der Waals surface area contributed by atoms with Crippen LogP contribution in [0.5, 0.6) is 11.5 Å².